The van der Waals surface area contributed by atoms with Gasteiger partial charge in [-0.15, -0.1) is 0 Å². The minimum atomic E-state index is -0.692. The zero-order valence-corrected chi connectivity index (χ0v) is 15.0. The Morgan fingerprint density at radius 1 is 0.885 bits per heavy atom. The number of rotatable bonds is 1. The Morgan fingerprint density at radius 2 is 1.38 bits per heavy atom. The Kier molecular flexibility index (Phi) is 3.36. The summed E-state index contributed by atoms with van der Waals surface area (Å²) >= 11 is 0. The lowest BCUT2D eigenvalue weighted by molar-refractivity contribution is -0.150. The van der Waals surface area contributed by atoms with E-state index in [1.165, 1.54) is 4.57 Å². The molecule has 2 aliphatic heterocycles. The van der Waals surface area contributed by atoms with Crippen LogP contribution in [0.2, 0.25) is 0 Å². The second-order valence-corrected chi connectivity index (χ2v) is 7.91. The van der Waals surface area contributed by atoms with Gasteiger partial charge in [0.15, 0.2) is 5.79 Å². The molecule has 1 aliphatic carbocycles. The molecule has 4 atom stereocenters. The van der Waals surface area contributed by atoms with Gasteiger partial charge in [-0.1, -0.05) is 31.0 Å². The van der Waals surface area contributed by atoms with Crippen LogP contribution in [0.4, 0.5) is 0 Å². The van der Waals surface area contributed by atoms with Gasteiger partial charge < -0.3 is 9.47 Å². The van der Waals surface area contributed by atoms with E-state index >= 15 is 0 Å². The molecule has 1 saturated heterocycles. The van der Waals surface area contributed by atoms with Crippen molar-refractivity contribution in [2.45, 2.75) is 69.6 Å². The largest absolute Gasteiger partial charge is 0.352 e. The standard InChI is InChI=1S/C19H23N3O4/c1-19(2)25-15-13-10-6-7-11-14(16(15)26-19)22-18(24)20(17(23)21(13)22)12-8-4-3-5-9-12/h3-5,8-9,13-16H,6-7,10-11H2,1-2H3/t13?,14?,15-,16+. The smallest absolute Gasteiger partial charge is 0.342 e. The highest BCUT2D eigenvalue weighted by Gasteiger charge is 2.55. The molecule has 2 fully saturated rings. The molecule has 0 radical (unpaired) electrons. The van der Waals surface area contributed by atoms with Crippen molar-refractivity contribution in [2.75, 3.05) is 0 Å². The monoisotopic (exact) mass is 357 g/mol. The molecule has 3 aliphatic rings. The number of para-hydroxylation sites is 1. The van der Waals surface area contributed by atoms with Crippen molar-refractivity contribution in [3.05, 3.63) is 51.3 Å². The van der Waals surface area contributed by atoms with Gasteiger partial charge in [-0.3, -0.25) is 0 Å². The van der Waals surface area contributed by atoms with E-state index in [0.717, 1.165) is 25.7 Å². The van der Waals surface area contributed by atoms with Crippen LogP contribution >= 0.6 is 0 Å². The molecule has 5 rings (SSSR count). The van der Waals surface area contributed by atoms with Crippen molar-refractivity contribution in [2.24, 2.45) is 0 Å². The Hall–Kier alpha value is -2.12. The number of nitrogens with zero attached hydrogens (tertiary/aromatic N) is 3. The van der Waals surface area contributed by atoms with Crippen LogP contribution in [0.25, 0.3) is 5.69 Å². The maximum Gasteiger partial charge on any atom is 0.352 e. The average Bonchev–Trinajstić information content (AvgIpc) is 3.02. The fourth-order valence-corrected chi connectivity index (χ4v) is 4.84. The highest BCUT2D eigenvalue weighted by Crippen LogP contribution is 2.46. The van der Waals surface area contributed by atoms with E-state index in [4.69, 9.17) is 9.47 Å². The van der Waals surface area contributed by atoms with E-state index in [0.29, 0.717) is 5.69 Å². The quantitative estimate of drug-likeness (QED) is 0.783. The summed E-state index contributed by atoms with van der Waals surface area (Å²) in [5.41, 5.74) is 0.0238. The van der Waals surface area contributed by atoms with Crippen LogP contribution < -0.4 is 11.4 Å². The van der Waals surface area contributed by atoms with Gasteiger partial charge in [0, 0.05) is 0 Å². The van der Waals surface area contributed by atoms with Gasteiger partial charge in [0.05, 0.1) is 17.8 Å². The number of ether oxygens (including phenoxy) is 2. The van der Waals surface area contributed by atoms with Crippen LogP contribution in [0, 0.1) is 0 Å². The first kappa shape index (κ1) is 16.1. The third-order valence-electron chi connectivity index (χ3n) is 5.82. The summed E-state index contributed by atoms with van der Waals surface area (Å²) in [6.07, 6.45) is 3.27. The van der Waals surface area contributed by atoms with Gasteiger partial charge in [0.1, 0.15) is 12.2 Å². The molecule has 0 N–H and O–H groups in total. The van der Waals surface area contributed by atoms with Crippen molar-refractivity contribution in [1.29, 1.82) is 0 Å². The van der Waals surface area contributed by atoms with Crippen LogP contribution in [-0.2, 0) is 9.47 Å². The summed E-state index contributed by atoms with van der Waals surface area (Å²) < 4.78 is 16.9. The van der Waals surface area contributed by atoms with Gasteiger partial charge in [-0.25, -0.2) is 23.5 Å². The predicted molar refractivity (Wildman–Crippen MR) is 94.7 cm³/mol. The van der Waals surface area contributed by atoms with E-state index in [-0.39, 0.29) is 35.7 Å². The second-order valence-electron chi connectivity index (χ2n) is 7.91. The summed E-state index contributed by atoms with van der Waals surface area (Å²) in [4.78, 5) is 26.5. The lowest BCUT2D eigenvalue weighted by Crippen LogP contribution is -2.52. The molecule has 2 unspecified atom stereocenters. The zero-order chi connectivity index (χ0) is 18.1. The molecule has 1 aromatic heterocycles. The second kappa shape index (κ2) is 5.44. The lowest BCUT2D eigenvalue weighted by Gasteiger charge is -2.40. The molecule has 1 aromatic carbocycles. The molecule has 138 valence electrons. The maximum absolute atomic E-state index is 13.2. The van der Waals surface area contributed by atoms with E-state index < -0.39 is 5.79 Å². The summed E-state index contributed by atoms with van der Waals surface area (Å²) in [7, 11) is 0. The fraction of sp³-hybridized carbons (Fsp3) is 0.579. The first-order valence-corrected chi connectivity index (χ1v) is 9.35. The SMILES string of the molecule is CC1(C)O[C@@H]2C3CCCCC([C@@H]2O1)n1c(=O)n(-c2ccccc2)c(=O)n13. The highest BCUT2D eigenvalue weighted by atomic mass is 16.8. The third kappa shape index (κ3) is 2.13. The molecule has 1 saturated carbocycles. The molecule has 7 heteroatoms. The van der Waals surface area contributed by atoms with Gasteiger partial charge in [0.25, 0.3) is 0 Å². The first-order chi connectivity index (χ1) is 12.5. The molecular weight excluding hydrogens is 334 g/mol. The normalized spacial score (nSPS) is 31.9. The lowest BCUT2D eigenvalue weighted by atomic mass is 9.87. The van der Waals surface area contributed by atoms with Crippen LogP contribution in [-0.4, -0.2) is 31.9 Å². The minimum Gasteiger partial charge on any atom is -0.342 e. The molecular formula is C19H23N3O4. The van der Waals surface area contributed by atoms with Crippen molar-refractivity contribution in [1.82, 2.24) is 13.9 Å². The summed E-state index contributed by atoms with van der Waals surface area (Å²) in [5.74, 6) is -0.692. The summed E-state index contributed by atoms with van der Waals surface area (Å²) in [6, 6.07) is 8.76. The van der Waals surface area contributed by atoms with Crippen LogP contribution in [0.1, 0.15) is 51.6 Å². The average molecular weight is 357 g/mol. The summed E-state index contributed by atoms with van der Waals surface area (Å²) in [5, 5.41) is 0. The van der Waals surface area contributed by atoms with Gasteiger partial charge in [0.2, 0.25) is 0 Å². The van der Waals surface area contributed by atoms with Crippen molar-refractivity contribution in [3.8, 4) is 5.69 Å². The van der Waals surface area contributed by atoms with Crippen LogP contribution in [0.3, 0.4) is 0 Å². The maximum atomic E-state index is 13.2. The number of hydrogen-bond acceptors (Lipinski definition) is 4. The van der Waals surface area contributed by atoms with Crippen molar-refractivity contribution < 1.29 is 9.47 Å². The Bertz CT molecular complexity index is 900. The van der Waals surface area contributed by atoms with E-state index in [1.807, 2.05) is 32.0 Å². The molecule has 7 nitrogen and oxygen atoms in total. The van der Waals surface area contributed by atoms with E-state index in [2.05, 4.69) is 0 Å². The Labute approximate surface area is 150 Å². The number of benzene rings is 1. The molecule has 3 heterocycles. The zero-order valence-electron chi connectivity index (χ0n) is 15.0. The summed E-state index contributed by atoms with van der Waals surface area (Å²) in [6.45, 7) is 3.80. The molecule has 2 bridgehead atoms. The molecule has 0 amide bonds. The van der Waals surface area contributed by atoms with Gasteiger partial charge >= 0.3 is 11.4 Å². The van der Waals surface area contributed by atoms with Crippen LogP contribution in [0.5, 0.6) is 0 Å². The number of fused-ring (bicyclic) bond motifs is 3. The van der Waals surface area contributed by atoms with Gasteiger partial charge in [-0.05, 0) is 38.8 Å². The highest BCUT2D eigenvalue weighted by molar-refractivity contribution is 5.30. The fourth-order valence-electron chi connectivity index (χ4n) is 4.84. The van der Waals surface area contributed by atoms with Crippen molar-refractivity contribution in [3.63, 3.8) is 0 Å². The van der Waals surface area contributed by atoms with Crippen molar-refractivity contribution >= 4 is 0 Å². The Balaban J connectivity index is 1.75. The van der Waals surface area contributed by atoms with Gasteiger partial charge in [-0.2, -0.15) is 0 Å². The van der Waals surface area contributed by atoms with Crippen LogP contribution in [0.15, 0.2) is 39.9 Å². The predicted octanol–water partition coefficient (Wildman–Crippen LogP) is 1.99. The Morgan fingerprint density at radius 3 is 1.88 bits per heavy atom. The topological polar surface area (TPSA) is 67.4 Å². The molecule has 2 aromatic rings. The molecule has 26 heavy (non-hydrogen) atoms. The first-order valence-electron chi connectivity index (χ1n) is 9.35. The molecule has 0 spiro atoms. The van der Waals surface area contributed by atoms with E-state index in [9.17, 15) is 9.59 Å². The van der Waals surface area contributed by atoms with E-state index in [1.54, 1.807) is 21.5 Å². The number of aromatic nitrogens is 3. The third-order valence-corrected chi connectivity index (χ3v) is 5.82. The minimum absolute atomic E-state index is 0.177. The number of hydrogen-bond donors (Lipinski definition) is 0.